The van der Waals surface area contributed by atoms with Crippen molar-refractivity contribution in [2.24, 2.45) is 0 Å². The second-order valence-corrected chi connectivity index (χ2v) is 5.33. The van der Waals surface area contributed by atoms with Crippen LogP contribution in [-0.4, -0.2) is 6.03 Å². The monoisotopic (exact) mass is 296 g/mol. The van der Waals surface area contributed by atoms with Gasteiger partial charge in [0.2, 0.25) is 0 Å². The minimum absolute atomic E-state index is 0.351. The van der Waals surface area contributed by atoms with Gasteiger partial charge < -0.3 is 10.6 Å². The van der Waals surface area contributed by atoms with Crippen molar-refractivity contribution in [3.05, 3.63) is 57.8 Å². The van der Waals surface area contributed by atoms with E-state index in [-0.39, 0.29) is 6.03 Å². The average Bonchev–Trinajstić information content (AvgIpc) is 2.92. The molecule has 106 valence electrons. The molecule has 0 radical (unpaired) electrons. The molecule has 1 aromatic carbocycles. The molecule has 1 atom stereocenters. The van der Waals surface area contributed by atoms with Crippen molar-refractivity contribution < 1.29 is 13.6 Å². The van der Waals surface area contributed by atoms with Crippen molar-refractivity contribution in [3.8, 4) is 0 Å². The van der Waals surface area contributed by atoms with Crippen LogP contribution in [0.5, 0.6) is 0 Å². The second-order valence-electron chi connectivity index (χ2n) is 4.30. The zero-order chi connectivity index (χ0) is 14.5. The number of nitrogens with one attached hydrogen (secondary N) is 2. The number of thiophene rings is 1. The summed E-state index contributed by atoms with van der Waals surface area (Å²) in [6.45, 7) is 2.14. The lowest BCUT2D eigenvalue weighted by Gasteiger charge is -2.15. The summed E-state index contributed by atoms with van der Waals surface area (Å²) in [6, 6.07) is 6.64. The fourth-order valence-electron chi connectivity index (χ4n) is 1.69. The topological polar surface area (TPSA) is 41.1 Å². The maximum absolute atomic E-state index is 13.1. The molecule has 0 aliphatic carbocycles. The molecule has 1 unspecified atom stereocenters. The second kappa shape index (κ2) is 6.47. The van der Waals surface area contributed by atoms with Crippen LogP contribution in [0, 0.1) is 11.6 Å². The number of hydrogen-bond donors (Lipinski definition) is 2. The third-order valence-electron chi connectivity index (χ3n) is 2.79. The molecule has 0 fully saturated rings. The van der Waals surface area contributed by atoms with Crippen LogP contribution in [0.3, 0.4) is 0 Å². The third-order valence-corrected chi connectivity index (χ3v) is 3.67. The normalized spacial score (nSPS) is 11.9. The summed E-state index contributed by atoms with van der Waals surface area (Å²) in [5.74, 6) is -1.82. The van der Waals surface area contributed by atoms with Crippen molar-refractivity contribution in [2.75, 3.05) is 0 Å². The highest BCUT2D eigenvalue weighted by Gasteiger charge is 2.11. The predicted molar refractivity (Wildman–Crippen MR) is 74.5 cm³/mol. The van der Waals surface area contributed by atoms with Crippen LogP contribution < -0.4 is 10.6 Å². The van der Waals surface area contributed by atoms with Gasteiger partial charge in [0.25, 0.3) is 0 Å². The number of carbonyl (C=O) groups is 1. The first-order valence-corrected chi connectivity index (χ1v) is 6.96. The Kier molecular flexibility index (Phi) is 4.68. The molecule has 0 saturated heterocycles. The Hall–Kier alpha value is -1.95. The van der Waals surface area contributed by atoms with Crippen molar-refractivity contribution in [2.45, 2.75) is 19.5 Å². The maximum Gasteiger partial charge on any atom is 0.315 e. The summed E-state index contributed by atoms with van der Waals surface area (Å²) >= 11 is 1.55. The van der Waals surface area contributed by atoms with Crippen molar-refractivity contribution in [3.63, 3.8) is 0 Å². The van der Waals surface area contributed by atoms with Crippen molar-refractivity contribution in [1.29, 1.82) is 0 Å². The van der Waals surface area contributed by atoms with Crippen LogP contribution >= 0.6 is 11.3 Å². The zero-order valence-corrected chi connectivity index (χ0v) is 11.6. The molecule has 2 amide bonds. The van der Waals surface area contributed by atoms with E-state index in [1.54, 1.807) is 18.3 Å². The van der Waals surface area contributed by atoms with E-state index in [1.807, 2.05) is 17.5 Å². The number of hydrogen-bond acceptors (Lipinski definition) is 2. The summed E-state index contributed by atoms with van der Waals surface area (Å²) in [4.78, 5) is 12.7. The molecule has 1 heterocycles. The Labute approximate surface area is 119 Å². The van der Waals surface area contributed by atoms with E-state index >= 15 is 0 Å². The summed E-state index contributed by atoms with van der Waals surface area (Å²) in [7, 11) is 0. The largest absolute Gasteiger partial charge is 0.333 e. The van der Waals surface area contributed by atoms with E-state index in [2.05, 4.69) is 10.6 Å². The standard InChI is InChI=1S/C14H14F2N2OS/c1-9(10-4-5-12(15)13(16)7-10)18-14(19)17-8-11-3-2-6-20-11/h2-7,9H,8H2,1H3,(H2,17,18,19). The molecule has 0 bridgehead atoms. The molecule has 0 spiro atoms. The summed E-state index contributed by atoms with van der Waals surface area (Å²) in [5.41, 5.74) is 0.509. The Morgan fingerprint density at radius 1 is 1.30 bits per heavy atom. The van der Waals surface area contributed by atoms with E-state index in [0.29, 0.717) is 12.1 Å². The quantitative estimate of drug-likeness (QED) is 0.889. The summed E-state index contributed by atoms with van der Waals surface area (Å²) in [6.07, 6.45) is 0. The minimum atomic E-state index is -0.921. The first-order valence-electron chi connectivity index (χ1n) is 6.08. The van der Waals surface area contributed by atoms with Gasteiger partial charge in [0.1, 0.15) is 0 Å². The van der Waals surface area contributed by atoms with Crippen molar-refractivity contribution >= 4 is 17.4 Å². The Bertz CT molecular complexity index is 587. The summed E-state index contributed by atoms with van der Waals surface area (Å²) < 4.78 is 25.9. The molecule has 2 aromatic rings. The SMILES string of the molecule is CC(NC(=O)NCc1cccs1)c1ccc(F)c(F)c1. The first-order chi connectivity index (χ1) is 9.56. The molecule has 2 N–H and O–H groups in total. The van der Waals surface area contributed by atoms with Gasteiger partial charge in [0.05, 0.1) is 12.6 Å². The van der Waals surface area contributed by atoms with Gasteiger partial charge >= 0.3 is 6.03 Å². The van der Waals surface area contributed by atoms with Crippen LogP contribution in [-0.2, 0) is 6.54 Å². The lowest BCUT2D eigenvalue weighted by molar-refractivity contribution is 0.237. The number of benzene rings is 1. The van der Waals surface area contributed by atoms with Gasteiger partial charge in [0, 0.05) is 4.88 Å². The number of carbonyl (C=O) groups excluding carboxylic acids is 1. The molecular formula is C14H14F2N2OS. The van der Waals surface area contributed by atoms with Gasteiger partial charge in [-0.25, -0.2) is 13.6 Å². The zero-order valence-electron chi connectivity index (χ0n) is 10.8. The third kappa shape index (κ3) is 3.77. The molecule has 0 aliphatic rings. The van der Waals surface area contributed by atoms with Gasteiger partial charge in [-0.15, -0.1) is 11.3 Å². The Morgan fingerprint density at radius 3 is 2.75 bits per heavy atom. The molecule has 2 rings (SSSR count). The van der Waals surface area contributed by atoms with E-state index in [9.17, 15) is 13.6 Å². The highest BCUT2D eigenvalue weighted by atomic mass is 32.1. The van der Waals surface area contributed by atoms with Gasteiger partial charge in [-0.3, -0.25) is 0 Å². The molecule has 3 nitrogen and oxygen atoms in total. The highest BCUT2D eigenvalue weighted by molar-refractivity contribution is 7.09. The van der Waals surface area contributed by atoms with Crippen LogP contribution in [0.2, 0.25) is 0 Å². The van der Waals surface area contributed by atoms with E-state index in [0.717, 1.165) is 17.0 Å². The van der Waals surface area contributed by atoms with E-state index in [1.165, 1.54) is 6.07 Å². The number of halogens is 2. The minimum Gasteiger partial charge on any atom is -0.333 e. The molecule has 1 aromatic heterocycles. The maximum atomic E-state index is 13.1. The van der Waals surface area contributed by atoms with Crippen molar-refractivity contribution in [1.82, 2.24) is 10.6 Å². The van der Waals surface area contributed by atoms with Crippen LogP contribution in [0.25, 0.3) is 0 Å². The van der Waals surface area contributed by atoms with E-state index in [4.69, 9.17) is 0 Å². The van der Waals surface area contributed by atoms with Gasteiger partial charge in [0.15, 0.2) is 11.6 Å². The molecule has 6 heteroatoms. The fourth-order valence-corrected chi connectivity index (χ4v) is 2.34. The number of amides is 2. The van der Waals surface area contributed by atoms with Gasteiger partial charge in [-0.2, -0.15) is 0 Å². The van der Waals surface area contributed by atoms with Crippen LogP contribution in [0.4, 0.5) is 13.6 Å². The number of urea groups is 1. The molecular weight excluding hydrogens is 282 g/mol. The first kappa shape index (κ1) is 14.5. The smallest absolute Gasteiger partial charge is 0.315 e. The van der Waals surface area contributed by atoms with E-state index < -0.39 is 17.7 Å². The molecule has 0 saturated carbocycles. The predicted octanol–water partition coefficient (Wildman–Crippen LogP) is 3.59. The Balaban J connectivity index is 1.88. The fraction of sp³-hybridized carbons (Fsp3) is 0.214. The van der Waals surface area contributed by atoms with Gasteiger partial charge in [-0.1, -0.05) is 12.1 Å². The number of rotatable bonds is 4. The molecule has 20 heavy (non-hydrogen) atoms. The molecule has 0 aliphatic heterocycles. The average molecular weight is 296 g/mol. The Morgan fingerprint density at radius 2 is 2.10 bits per heavy atom. The van der Waals surface area contributed by atoms with Crippen LogP contribution in [0.15, 0.2) is 35.7 Å². The lowest BCUT2D eigenvalue weighted by Crippen LogP contribution is -2.36. The van der Waals surface area contributed by atoms with Crippen LogP contribution in [0.1, 0.15) is 23.4 Å². The van der Waals surface area contributed by atoms with Gasteiger partial charge in [-0.05, 0) is 36.1 Å². The lowest BCUT2D eigenvalue weighted by atomic mass is 10.1. The highest BCUT2D eigenvalue weighted by Crippen LogP contribution is 2.15. The summed E-state index contributed by atoms with van der Waals surface area (Å²) in [5, 5.41) is 7.30.